The van der Waals surface area contributed by atoms with Gasteiger partial charge in [-0.2, -0.15) is 8.78 Å². The molecule has 0 saturated carbocycles. The van der Waals surface area contributed by atoms with Gasteiger partial charge in [-0.1, -0.05) is 0 Å². The van der Waals surface area contributed by atoms with E-state index >= 15 is 0 Å². The first-order valence-corrected chi connectivity index (χ1v) is 9.35. The third kappa shape index (κ3) is 5.07. The van der Waals surface area contributed by atoms with Crippen LogP contribution in [0.4, 0.5) is 17.6 Å². The number of carbonyl (C=O) groups is 3. The lowest BCUT2D eigenvalue weighted by Gasteiger charge is -2.35. The molecule has 2 atom stereocenters. The topological polar surface area (TPSA) is 102 Å². The summed E-state index contributed by atoms with van der Waals surface area (Å²) in [6, 6.07) is -1.65. The van der Waals surface area contributed by atoms with Crippen LogP contribution in [-0.4, -0.2) is 54.3 Å². The van der Waals surface area contributed by atoms with Gasteiger partial charge in [-0.05, 0) is 26.7 Å². The monoisotopic (exact) mass is 433 g/mol. The molecular formula is C19H23F4N3O4. The number of carbonyl (C=O) groups excluding carboxylic acids is 3. The molecule has 0 spiro atoms. The molecule has 166 valence electrons. The Bertz CT molecular complexity index is 808. The van der Waals surface area contributed by atoms with Crippen molar-refractivity contribution in [3.8, 4) is 5.75 Å². The van der Waals surface area contributed by atoms with Crippen LogP contribution in [0.2, 0.25) is 0 Å². The number of hydrogen-bond donors (Lipinski definition) is 2. The van der Waals surface area contributed by atoms with Crippen molar-refractivity contribution in [3.63, 3.8) is 0 Å². The number of nitrogens with one attached hydrogen (secondary N) is 1. The van der Waals surface area contributed by atoms with Gasteiger partial charge in [-0.15, -0.1) is 0 Å². The third-order valence-electron chi connectivity index (χ3n) is 4.83. The Morgan fingerprint density at radius 3 is 2.30 bits per heavy atom. The van der Waals surface area contributed by atoms with Crippen molar-refractivity contribution in [1.82, 2.24) is 10.2 Å². The lowest BCUT2D eigenvalue weighted by atomic mass is 9.94. The molecule has 1 aliphatic heterocycles. The van der Waals surface area contributed by atoms with Crippen molar-refractivity contribution in [2.75, 3.05) is 19.7 Å². The van der Waals surface area contributed by atoms with Crippen LogP contribution in [0.5, 0.6) is 5.75 Å². The van der Waals surface area contributed by atoms with Crippen molar-refractivity contribution in [2.45, 2.75) is 38.8 Å². The van der Waals surface area contributed by atoms with Gasteiger partial charge in [0.1, 0.15) is 6.61 Å². The third-order valence-corrected chi connectivity index (χ3v) is 4.83. The van der Waals surface area contributed by atoms with E-state index < -0.39 is 71.9 Å². The summed E-state index contributed by atoms with van der Waals surface area (Å²) in [5.74, 6) is -10.5. The molecule has 1 aliphatic rings. The highest BCUT2D eigenvalue weighted by molar-refractivity contribution is 5.91. The highest BCUT2D eigenvalue weighted by Gasteiger charge is 2.37. The van der Waals surface area contributed by atoms with Crippen LogP contribution in [0.3, 0.4) is 0 Å². The van der Waals surface area contributed by atoms with Crippen LogP contribution >= 0.6 is 0 Å². The quantitative estimate of drug-likeness (QED) is 0.451. The molecule has 0 radical (unpaired) electrons. The molecule has 0 aromatic heterocycles. The number of ether oxygens (including phenoxy) is 1. The highest BCUT2D eigenvalue weighted by atomic mass is 19.2. The minimum absolute atomic E-state index is 0.0151. The Morgan fingerprint density at radius 2 is 1.83 bits per heavy atom. The number of nitrogens with zero attached hydrogens (tertiary/aromatic N) is 1. The summed E-state index contributed by atoms with van der Waals surface area (Å²) in [6.07, 6.45) is 0.380. The fourth-order valence-corrected chi connectivity index (χ4v) is 3.38. The summed E-state index contributed by atoms with van der Waals surface area (Å²) in [7, 11) is 0. The van der Waals surface area contributed by atoms with E-state index in [0.29, 0.717) is 13.0 Å². The number of benzene rings is 1. The molecule has 3 N–H and O–H groups in total. The number of halogens is 4. The van der Waals surface area contributed by atoms with Gasteiger partial charge in [-0.3, -0.25) is 14.4 Å². The Hall–Kier alpha value is -2.69. The van der Waals surface area contributed by atoms with Crippen molar-refractivity contribution in [1.29, 1.82) is 0 Å². The van der Waals surface area contributed by atoms with E-state index in [1.807, 2.05) is 0 Å². The first kappa shape index (κ1) is 23.6. The van der Waals surface area contributed by atoms with Gasteiger partial charge >= 0.3 is 0 Å². The summed E-state index contributed by atoms with van der Waals surface area (Å²) in [5.41, 5.74) is 5.43. The van der Waals surface area contributed by atoms with E-state index in [9.17, 15) is 31.9 Å². The number of Topliss-reactive ketones (excluding diaryl/α,β-unsaturated/α-hetero) is 1. The number of amides is 2. The molecule has 30 heavy (non-hydrogen) atoms. The van der Waals surface area contributed by atoms with Crippen molar-refractivity contribution >= 4 is 17.6 Å². The van der Waals surface area contributed by atoms with Gasteiger partial charge in [0.15, 0.2) is 23.2 Å². The van der Waals surface area contributed by atoms with Crippen LogP contribution < -0.4 is 15.8 Å². The molecule has 1 fully saturated rings. The van der Waals surface area contributed by atoms with E-state index in [4.69, 9.17) is 10.5 Å². The minimum atomic E-state index is -1.79. The summed E-state index contributed by atoms with van der Waals surface area (Å²) in [6.45, 7) is 2.29. The Balaban J connectivity index is 2.28. The average molecular weight is 433 g/mol. The van der Waals surface area contributed by atoms with Crippen LogP contribution in [-0.2, 0) is 14.4 Å². The number of rotatable bonds is 9. The SMILES string of the molecule is CC(C)N(C(=O)CN)C(CC1CCNC1=O)C(=O)COc1c(F)c(F)cc(F)c1F. The van der Waals surface area contributed by atoms with E-state index in [-0.39, 0.29) is 18.4 Å². The van der Waals surface area contributed by atoms with Gasteiger partial charge in [0.25, 0.3) is 0 Å². The van der Waals surface area contributed by atoms with Gasteiger partial charge in [0.2, 0.25) is 23.4 Å². The van der Waals surface area contributed by atoms with E-state index in [2.05, 4.69) is 5.32 Å². The first-order chi connectivity index (χ1) is 14.1. The fourth-order valence-electron chi connectivity index (χ4n) is 3.38. The van der Waals surface area contributed by atoms with Gasteiger partial charge in [0.05, 0.1) is 12.6 Å². The molecule has 2 amide bonds. The van der Waals surface area contributed by atoms with Crippen LogP contribution in [0, 0.1) is 29.2 Å². The predicted molar refractivity (Wildman–Crippen MR) is 97.3 cm³/mol. The molecule has 0 aliphatic carbocycles. The van der Waals surface area contributed by atoms with Crippen LogP contribution in [0.15, 0.2) is 6.07 Å². The zero-order valence-electron chi connectivity index (χ0n) is 16.5. The Kier molecular flexibility index (Phi) is 7.77. The zero-order chi connectivity index (χ0) is 22.6. The average Bonchev–Trinajstić information content (AvgIpc) is 3.09. The molecule has 2 rings (SSSR count). The van der Waals surface area contributed by atoms with E-state index in [1.165, 1.54) is 4.90 Å². The maximum absolute atomic E-state index is 13.8. The zero-order valence-corrected chi connectivity index (χ0v) is 16.5. The second kappa shape index (κ2) is 9.88. The lowest BCUT2D eigenvalue weighted by Crippen LogP contribution is -2.53. The number of ketones is 1. The number of nitrogens with two attached hydrogens (primary N) is 1. The van der Waals surface area contributed by atoms with Gasteiger partial charge in [-0.25, -0.2) is 8.78 Å². The largest absolute Gasteiger partial charge is 0.479 e. The lowest BCUT2D eigenvalue weighted by molar-refractivity contribution is -0.142. The minimum Gasteiger partial charge on any atom is -0.479 e. The van der Waals surface area contributed by atoms with Crippen LogP contribution in [0.25, 0.3) is 0 Å². The first-order valence-electron chi connectivity index (χ1n) is 9.35. The Morgan fingerprint density at radius 1 is 1.23 bits per heavy atom. The van der Waals surface area contributed by atoms with Gasteiger partial charge < -0.3 is 20.7 Å². The van der Waals surface area contributed by atoms with Crippen molar-refractivity contribution in [2.24, 2.45) is 11.7 Å². The maximum atomic E-state index is 13.8. The van der Waals surface area contributed by atoms with E-state index in [0.717, 1.165) is 0 Å². The molecule has 0 bridgehead atoms. The molecule has 1 heterocycles. The summed E-state index contributed by atoms with van der Waals surface area (Å²) < 4.78 is 59.0. The molecule has 11 heteroatoms. The maximum Gasteiger partial charge on any atom is 0.237 e. The summed E-state index contributed by atoms with van der Waals surface area (Å²) in [5, 5.41) is 2.62. The van der Waals surface area contributed by atoms with Crippen LogP contribution in [0.1, 0.15) is 26.7 Å². The molecule has 1 aromatic rings. The molecule has 7 nitrogen and oxygen atoms in total. The standard InChI is InChI=1S/C19H23F4N3O4/c1-9(2)26(15(28)7-24)13(5-10-3-4-25-19(10)29)14(27)8-30-18-16(22)11(20)6-12(21)17(18)23/h6,9-10,13H,3-5,7-8,24H2,1-2H3,(H,25,29). The Labute approximate surface area is 170 Å². The van der Waals surface area contributed by atoms with Crippen molar-refractivity contribution < 1.29 is 36.7 Å². The predicted octanol–water partition coefficient (Wildman–Crippen LogP) is 1.28. The normalized spacial score (nSPS) is 17.1. The smallest absolute Gasteiger partial charge is 0.237 e. The second-order valence-electron chi connectivity index (χ2n) is 7.18. The van der Waals surface area contributed by atoms with Crippen molar-refractivity contribution in [3.05, 3.63) is 29.3 Å². The summed E-state index contributed by atoms with van der Waals surface area (Å²) in [4.78, 5) is 38.3. The molecule has 1 aromatic carbocycles. The molecule has 2 unspecified atom stereocenters. The van der Waals surface area contributed by atoms with Gasteiger partial charge in [0, 0.05) is 24.6 Å². The fraction of sp³-hybridized carbons (Fsp3) is 0.526. The molecular weight excluding hydrogens is 410 g/mol. The second-order valence-corrected chi connectivity index (χ2v) is 7.18. The summed E-state index contributed by atoms with van der Waals surface area (Å²) >= 11 is 0. The van der Waals surface area contributed by atoms with E-state index in [1.54, 1.807) is 13.8 Å². The number of hydrogen-bond acceptors (Lipinski definition) is 5. The highest BCUT2D eigenvalue weighted by Crippen LogP contribution is 2.27. The molecule has 1 saturated heterocycles.